The molecule has 0 aliphatic carbocycles. The van der Waals surface area contributed by atoms with Gasteiger partial charge < -0.3 is 4.74 Å². The van der Waals surface area contributed by atoms with E-state index < -0.39 is 10.9 Å². The summed E-state index contributed by atoms with van der Waals surface area (Å²) in [7, 11) is 1.64. The number of rotatable bonds is 5. The van der Waals surface area contributed by atoms with E-state index in [0.717, 1.165) is 0 Å². The lowest BCUT2D eigenvalue weighted by molar-refractivity contribution is -0.385. The molecule has 2 rings (SSSR count). The molecule has 1 aromatic carbocycles. The summed E-state index contributed by atoms with van der Waals surface area (Å²) in [5, 5.41) is 14.7. The zero-order valence-electron chi connectivity index (χ0n) is 10.9. The lowest BCUT2D eigenvalue weighted by atomic mass is 10.1. The Hall–Kier alpha value is -2.70. The molecule has 0 N–H and O–H groups in total. The Labute approximate surface area is 114 Å². The summed E-state index contributed by atoms with van der Waals surface area (Å²) < 4.78 is 6.49. The zero-order valence-corrected chi connectivity index (χ0v) is 10.9. The highest BCUT2D eigenvalue weighted by molar-refractivity contribution is 5.87. The van der Waals surface area contributed by atoms with Gasteiger partial charge in [0, 0.05) is 31.3 Å². The van der Waals surface area contributed by atoms with Crippen LogP contribution in [0.4, 0.5) is 5.69 Å². The molecule has 0 radical (unpaired) electrons. The summed E-state index contributed by atoms with van der Waals surface area (Å²) in [5.41, 5.74) is 0.909. The van der Waals surface area contributed by atoms with Crippen LogP contribution in [0.1, 0.15) is 16.1 Å². The quantitative estimate of drug-likeness (QED) is 0.471. The SMILES string of the molecule is Cn1nccc1C(=O)OCCc1ccccc1[N+](=O)[O-]. The molecule has 1 heterocycles. The van der Waals surface area contributed by atoms with Crippen LogP contribution in [-0.2, 0) is 18.2 Å². The maximum absolute atomic E-state index is 11.7. The van der Waals surface area contributed by atoms with E-state index in [9.17, 15) is 14.9 Å². The normalized spacial score (nSPS) is 10.2. The van der Waals surface area contributed by atoms with Crippen LogP contribution in [0.3, 0.4) is 0 Å². The molecule has 0 bridgehead atoms. The van der Waals surface area contributed by atoms with E-state index in [4.69, 9.17) is 4.74 Å². The number of nitro benzene ring substituents is 1. The van der Waals surface area contributed by atoms with Gasteiger partial charge in [0.1, 0.15) is 5.69 Å². The van der Waals surface area contributed by atoms with Gasteiger partial charge in [-0.25, -0.2) is 4.79 Å². The van der Waals surface area contributed by atoms with Crippen molar-refractivity contribution in [3.05, 3.63) is 57.9 Å². The molecule has 2 aromatic rings. The van der Waals surface area contributed by atoms with Gasteiger partial charge >= 0.3 is 5.97 Å². The van der Waals surface area contributed by atoms with Crippen molar-refractivity contribution in [2.45, 2.75) is 6.42 Å². The summed E-state index contributed by atoms with van der Waals surface area (Å²) in [6, 6.07) is 7.94. The highest BCUT2D eigenvalue weighted by atomic mass is 16.6. The minimum atomic E-state index is -0.497. The Kier molecular flexibility index (Phi) is 4.09. The molecule has 0 atom stereocenters. The number of aryl methyl sites for hydroxylation is 1. The highest BCUT2D eigenvalue weighted by Crippen LogP contribution is 2.18. The van der Waals surface area contributed by atoms with Gasteiger partial charge in [0.05, 0.1) is 11.5 Å². The van der Waals surface area contributed by atoms with E-state index in [1.165, 1.54) is 16.9 Å². The number of carbonyl (C=O) groups is 1. The first-order valence-corrected chi connectivity index (χ1v) is 5.97. The number of hydrogen-bond acceptors (Lipinski definition) is 5. The largest absolute Gasteiger partial charge is 0.461 e. The molecule has 0 saturated carbocycles. The van der Waals surface area contributed by atoms with Gasteiger partial charge in [0.15, 0.2) is 0 Å². The number of aromatic nitrogens is 2. The van der Waals surface area contributed by atoms with Gasteiger partial charge in [-0.15, -0.1) is 0 Å². The number of nitro groups is 1. The molecule has 7 nitrogen and oxygen atoms in total. The summed E-state index contributed by atoms with van der Waals surface area (Å²) in [4.78, 5) is 22.1. The van der Waals surface area contributed by atoms with Crippen molar-refractivity contribution in [1.29, 1.82) is 0 Å². The number of esters is 1. The van der Waals surface area contributed by atoms with E-state index in [1.54, 1.807) is 31.3 Å². The fourth-order valence-electron chi connectivity index (χ4n) is 1.80. The Bertz CT molecular complexity index is 636. The second-order valence-corrected chi connectivity index (χ2v) is 4.11. The summed E-state index contributed by atoms with van der Waals surface area (Å²) in [5.74, 6) is -0.497. The molecule has 0 aliphatic rings. The smallest absolute Gasteiger partial charge is 0.356 e. The van der Waals surface area contributed by atoms with E-state index in [1.807, 2.05) is 0 Å². The van der Waals surface area contributed by atoms with Gasteiger partial charge in [-0.05, 0) is 6.07 Å². The predicted octanol–water partition coefficient (Wildman–Crippen LogP) is 1.73. The fraction of sp³-hybridized carbons (Fsp3) is 0.231. The summed E-state index contributed by atoms with van der Waals surface area (Å²) in [6.07, 6.45) is 1.79. The average Bonchev–Trinajstić information content (AvgIpc) is 2.85. The first-order chi connectivity index (χ1) is 9.59. The molecule has 20 heavy (non-hydrogen) atoms. The fourth-order valence-corrected chi connectivity index (χ4v) is 1.80. The van der Waals surface area contributed by atoms with E-state index >= 15 is 0 Å². The molecule has 0 unspecified atom stereocenters. The molecular formula is C13H13N3O4. The maximum atomic E-state index is 11.7. The monoisotopic (exact) mass is 275 g/mol. The van der Waals surface area contributed by atoms with E-state index in [-0.39, 0.29) is 12.3 Å². The third-order valence-corrected chi connectivity index (χ3v) is 2.82. The predicted molar refractivity (Wildman–Crippen MR) is 70.3 cm³/mol. The molecule has 0 spiro atoms. The van der Waals surface area contributed by atoms with Gasteiger partial charge in [-0.3, -0.25) is 14.8 Å². The average molecular weight is 275 g/mol. The van der Waals surface area contributed by atoms with Crippen molar-refractivity contribution in [3.8, 4) is 0 Å². The molecular weight excluding hydrogens is 262 g/mol. The Morgan fingerprint density at radius 1 is 1.40 bits per heavy atom. The lowest BCUT2D eigenvalue weighted by Gasteiger charge is -2.05. The molecule has 0 saturated heterocycles. The van der Waals surface area contributed by atoms with Crippen molar-refractivity contribution < 1.29 is 14.5 Å². The van der Waals surface area contributed by atoms with Gasteiger partial charge in [-0.1, -0.05) is 18.2 Å². The highest BCUT2D eigenvalue weighted by Gasteiger charge is 2.14. The first-order valence-electron chi connectivity index (χ1n) is 5.97. The number of nitrogens with zero attached hydrogens (tertiary/aromatic N) is 3. The van der Waals surface area contributed by atoms with Crippen LogP contribution in [-0.4, -0.2) is 27.3 Å². The van der Waals surface area contributed by atoms with Crippen LogP contribution in [0.5, 0.6) is 0 Å². The number of benzene rings is 1. The van der Waals surface area contributed by atoms with Gasteiger partial charge in [0.2, 0.25) is 0 Å². The van der Waals surface area contributed by atoms with E-state index in [2.05, 4.69) is 5.10 Å². The maximum Gasteiger partial charge on any atom is 0.356 e. The van der Waals surface area contributed by atoms with Crippen molar-refractivity contribution in [2.24, 2.45) is 7.05 Å². The van der Waals surface area contributed by atoms with Gasteiger partial charge in [0.25, 0.3) is 5.69 Å². The Morgan fingerprint density at radius 3 is 2.80 bits per heavy atom. The van der Waals surface area contributed by atoms with Crippen LogP contribution in [0.2, 0.25) is 0 Å². The Balaban J connectivity index is 1.95. The molecule has 0 fully saturated rings. The molecule has 1 aromatic heterocycles. The third-order valence-electron chi connectivity index (χ3n) is 2.82. The minimum Gasteiger partial charge on any atom is -0.461 e. The van der Waals surface area contributed by atoms with Crippen LogP contribution >= 0.6 is 0 Å². The van der Waals surface area contributed by atoms with E-state index in [0.29, 0.717) is 17.7 Å². The number of hydrogen-bond donors (Lipinski definition) is 0. The third kappa shape index (κ3) is 3.00. The summed E-state index contributed by atoms with van der Waals surface area (Å²) in [6.45, 7) is 0.0782. The Morgan fingerprint density at radius 2 is 2.15 bits per heavy atom. The second kappa shape index (κ2) is 5.96. The molecule has 104 valence electrons. The van der Waals surface area contributed by atoms with Crippen molar-refractivity contribution >= 4 is 11.7 Å². The van der Waals surface area contributed by atoms with Crippen molar-refractivity contribution in [2.75, 3.05) is 6.61 Å². The van der Waals surface area contributed by atoms with Crippen LogP contribution < -0.4 is 0 Å². The summed E-state index contributed by atoms with van der Waals surface area (Å²) >= 11 is 0. The number of para-hydroxylation sites is 1. The number of ether oxygens (including phenoxy) is 1. The second-order valence-electron chi connectivity index (χ2n) is 4.11. The lowest BCUT2D eigenvalue weighted by Crippen LogP contribution is -2.12. The molecule has 0 amide bonds. The van der Waals surface area contributed by atoms with Gasteiger partial charge in [-0.2, -0.15) is 5.10 Å². The first kappa shape index (κ1) is 13.7. The van der Waals surface area contributed by atoms with Crippen LogP contribution in [0.15, 0.2) is 36.5 Å². The zero-order chi connectivity index (χ0) is 14.5. The molecule has 0 aliphatic heterocycles. The van der Waals surface area contributed by atoms with Crippen LogP contribution in [0.25, 0.3) is 0 Å². The topological polar surface area (TPSA) is 87.3 Å². The van der Waals surface area contributed by atoms with Crippen molar-refractivity contribution in [1.82, 2.24) is 9.78 Å². The molecule has 7 heteroatoms. The van der Waals surface area contributed by atoms with Crippen molar-refractivity contribution in [3.63, 3.8) is 0 Å². The van der Waals surface area contributed by atoms with Crippen LogP contribution in [0, 0.1) is 10.1 Å². The number of carbonyl (C=O) groups excluding carboxylic acids is 1. The standard InChI is InChI=1S/C13H13N3O4/c1-15-12(6-8-14-15)13(17)20-9-7-10-4-2-3-5-11(10)16(18)19/h2-6,8H,7,9H2,1H3. The minimum absolute atomic E-state index is 0.0316.